The molecule has 1 N–H and O–H groups in total. The summed E-state index contributed by atoms with van der Waals surface area (Å²) < 4.78 is 0. The van der Waals surface area contributed by atoms with Crippen molar-refractivity contribution in [1.29, 1.82) is 0 Å². The number of rotatable bonds is 3. The lowest BCUT2D eigenvalue weighted by Crippen LogP contribution is -2.36. The van der Waals surface area contributed by atoms with Crippen molar-refractivity contribution in [3.8, 4) is 0 Å². The first-order valence-corrected chi connectivity index (χ1v) is 7.28. The van der Waals surface area contributed by atoms with Crippen LogP contribution in [0.15, 0.2) is 24.5 Å². The molecule has 2 aliphatic rings. The van der Waals surface area contributed by atoms with Crippen molar-refractivity contribution in [2.45, 2.75) is 31.7 Å². The van der Waals surface area contributed by atoms with Gasteiger partial charge in [-0.3, -0.25) is 9.88 Å². The lowest BCUT2D eigenvalue weighted by Gasteiger charge is -2.31. The van der Waals surface area contributed by atoms with E-state index in [1.807, 2.05) is 12.4 Å². The van der Waals surface area contributed by atoms with Crippen molar-refractivity contribution in [3.05, 3.63) is 30.1 Å². The minimum Gasteiger partial charge on any atom is -0.317 e. The second-order valence-corrected chi connectivity index (χ2v) is 5.63. The fraction of sp³-hybridized carbons (Fsp3) is 0.667. The topological polar surface area (TPSA) is 28.2 Å². The number of piperidine rings is 1. The quantitative estimate of drug-likeness (QED) is 0.885. The summed E-state index contributed by atoms with van der Waals surface area (Å²) in [5.74, 6) is 0.897. The summed E-state index contributed by atoms with van der Waals surface area (Å²) in [6.07, 6.45) is 9.21. The third-order valence-electron chi connectivity index (χ3n) is 4.41. The van der Waals surface area contributed by atoms with E-state index >= 15 is 0 Å². The van der Waals surface area contributed by atoms with Gasteiger partial charge in [0.1, 0.15) is 0 Å². The summed E-state index contributed by atoms with van der Waals surface area (Å²) in [6, 6.07) is 5.01. The molecule has 98 valence electrons. The Labute approximate surface area is 110 Å². The van der Waals surface area contributed by atoms with E-state index in [4.69, 9.17) is 0 Å². The molecule has 0 radical (unpaired) electrons. The number of pyridine rings is 1. The second kappa shape index (κ2) is 5.81. The van der Waals surface area contributed by atoms with Crippen LogP contribution in [0, 0.1) is 5.92 Å². The molecule has 3 heteroatoms. The highest BCUT2D eigenvalue weighted by Gasteiger charge is 2.28. The lowest BCUT2D eigenvalue weighted by atomic mass is 9.96. The van der Waals surface area contributed by atoms with Crippen LogP contribution in [0.1, 0.15) is 37.3 Å². The SMILES string of the molecule is c1cc(C2CCCN2CC2CCNCC2)ccn1. The minimum absolute atomic E-state index is 0.642. The highest BCUT2D eigenvalue weighted by molar-refractivity contribution is 5.16. The average molecular weight is 245 g/mol. The number of likely N-dealkylation sites (tertiary alicyclic amines) is 1. The second-order valence-electron chi connectivity index (χ2n) is 5.63. The Bertz CT molecular complexity index is 359. The van der Waals surface area contributed by atoms with Crippen LogP contribution < -0.4 is 5.32 Å². The molecule has 0 bridgehead atoms. The Morgan fingerprint density at radius 2 is 1.94 bits per heavy atom. The number of nitrogens with zero attached hydrogens (tertiary/aromatic N) is 2. The van der Waals surface area contributed by atoms with Gasteiger partial charge in [0.15, 0.2) is 0 Å². The molecule has 0 amide bonds. The van der Waals surface area contributed by atoms with Gasteiger partial charge in [0, 0.05) is 25.0 Å². The largest absolute Gasteiger partial charge is 0.317 e. The van der Waals surface area contributed by atoms with Crippen molar-refractivity contribution in [3.63, 3.8) is 0 Å². The molecule has 0 spiro atoms. The maximum absolute atomic E-state index is 4.13. The van der Waals surface area contributed by atoms with Gasteiger partial charge in [-0.25, -0.2) is 0 Å². The minimum atomic E-state index is 0.642. The van der Waals surface area contributed by atoms with E-state index in [9.17, 15) is 0 Å². The van der Waals surface area contributed by atoms with Crippen molar-refractivity contribution in [1.82, 2.24) is 15.2 Å². The maximum Gasteiger partial charge on any atom is 0.0349 e. The van der Waals surface area contributed by atoms with Gasteiger partial charge in [-0.2, -0.15) is 0 Å². The van der Waals surface area contributed by atoms with Gasteiger partial charge in [-0.05, 0) is 68.9 Å². The van der Waals surface area contributed by atoms with Crippen LogP contribution >= 0.6 is 0 Å². The zero-order chi connectivity index (χ0) is 12.2. The molecular formula is C15H23N3. The summed E-state index contributed by atoms with van der Waals surface area (Å²) in [5.41, 5.74) is 1.46. The van der Waals surface area contributed by atoms with Crippen LogP contribution in [-0.4, -0.2) is 36.1 Å². The van der Waals surface area contributed by atoms with Crippen molar-refractivity contribution >= 4 is 0 Å². The Hall–Kier alpha value is -0.930. The summed E-state index contributed by atoms with van der Waals surface area (Å²) in [5, 5.41) is 3.46. The van der Waals surface area contributed by atoms with Crippen molar-refractivity contribution in [2.75, 3.05) is 26.2 Å². The molecular weight excluding hydrogens is 222 g/mol. The number of aromatic nitrogens is 1. The number of hydrogen-bond donors (Lipinski definition) is 1. The average Bonchev–Trinajstić information content (AvgIpc) is 2.89. The Morgan fingerprint density at radius 3 is 2.72 bits per heavy atom. The molecule has 2 saturated heterocycles. The fourth-order valence-electron chi connectivity index (χ4n) is 3.40. The van der Waals surface area contributed by atoms with Gasteiger partial charge in [-0.15, -0.1) is 0 Å². The normalized spacial score (nSPS) is 26.6. The summed E-state index contributed by atoms with van der Waals surface area (Å²) in [7, 11) is 0. The van der Waals surface area contributed by atoms with E-state index in [1.54, 1.807) is 0 Å². The van der Waals surface area contributed by atoms with E-state index in [0.717, 1.165) is 5.92 Å². The predicted octanol–water partition coefficient (Wildman–Crippen LogP) is 2.22. The van der Waals surface area contributed by atoms with E-state index in [2.05, 4.69) is 27.3 Å². The van der Waals surface area contributed by atoms with Crippen LogP contribution in [-0.2, 0) is 0 Å². The summed E-state index contributed by atoms with van der Waals surface area (Å²) in [6.45, 7) is 4.97. The van der Waals surface area contributed by atoms with E-state index < -0.39 is 0 Å². The molecule has 1 atom stereocenters. The zero-order valence-corrected chi connectivity index (χ0v) is 11.0. The molecule has 18 heavy (non-hydrogen) atoms. The van der Waals surface area contributed by atoms with Crippen LogP contribution in [0.3, 0.4) is 0 Å². The Balaban J connectivity index is 1.64. The van der Waals surface area contributed by atoms with Gasteiger partial charge >= 0.3 is 0 Å². The van der Waals surface area contributed by atoms with Gasteiger partial charge in [0.25, 0.3) is 0 Å². The highest BCUT2D eigenvalue weighted by atomic mass is 15.2. The van der Waals surface area contributed by atoms with E-state index in [1.165, 1.54) is 57.4 Å². The molecule has 0 saturated carbocycles. The number of nitrogens with one attached hydrogen (secondary N) is 1. The monoisotopic (exact) mass is 245 g/mol. The summed E-state index contributed by atoms with van der Waals surface area (Å²) >= 11 is 0. The lowest BCUT2D eigenvalue weighted by molar-refractivity contribution is 0.193. The smallest absolute Gasteiger partial charge is 0.0349 e. The molecule has 1 aromatic heterocycles. The first kappa shape index (κ1) is 12.1. The molecule has 1 aromatic rings. The predicted molar refractivity (Wildman–Crippen MR) is 73.4 cm³/mol. The van der Waals surface area contributed by atoms with Gasteiger partial charge in [-0.1, -0.05) is 0 Å². The van der Waals surface area contributed by atoms with Crippen LogP contribution in [0.5, 0.6) is 0 Å². The van der Waals surface area contributed by atoms with Crippen LogP contribution in [0.25, 0.3) is 0 Å². The molecule has 0 aromatic carbocycles. The molecule has 3 heterocycles. The fourth-order valence-corrected chi connectivity index (χ4v) is 3.40. The Kier molecular flexibility index (Phi) is 3.91. The van der Waals surface area contributed by atoms with Crippen molar-refractivity contribution in [2.24, 2.45) is 5.92 Å². The standard InChI is InChI=1S/C15H23N3/c1-2-15(14-5-9-17-10-6-14)18(11-1)12-13-3-7-16-8-4-13/h5-6,9-10,13,15-16H,1-4,7-8,11-12H2. The molecule has 3 rings (SSSR count). The first-order valence-electron chi connectivity index (χ1n) is 7.28. The molecule has 0 aliphatic carbocycles. The van der Waals surface area contributed by atoms with E-state index in [0.29, 0.717) is 6.04 Å². The van der Waals surface area contributed by atoms with Crippen LogP contribution in [0.2, 0.25) is 0 Å². The highest BCUT2D eigenvalue weighted by Crippen LogP contribution is 2.32. The first-order chi connectivity index (χ1) is 8.93. The molecule has 3 nitrogen and oxygen atoms in total. The van der Waals surface area contributed by atoms with Gasteiger partial charge < -0.3 is 5.32 Å². The maximum atomic E-state index is 4.13. The van der Waals surface area contributed by atoms with E-state index in [-0.39, 0.29) is 0 Å². The molecule has 2 fully saturated rings. The third-order valence-corrected chi connectivity index (χ3v) is 4.41. The zero-order valence-electron chi connectivity index (χ0n) is 11.0. The molecule has 1 unspecified atom stereocenters. The van der Waals surface area contributed by atoms with Gasteiger partial charge in [0.2, 0.25) is 0 Å². The van der Waals surface area contributed by atoms with Crippen molar-refractivity contribution < 1.29 is 0 Å². The van der Waals surface area contributed by atoms with Gasteiger partial charge in [0.05, 0.1) is 0 Å². The third kappa shape index (κ3) is 2.73. The van der Waals surface area contributed by atoms with Crippen LogP contribution in [0.4, 0.5) is 0 Å². The Morgan fingerprint density at radius 1 is 1.17 bits per heavy atom. The summed E-state index contributed by atoms with van der Waals surface area (Å²) in [4.78, 5) is 6.83. The number of hydrogen-bond acceptors (Lipinski definition) is 3. The molecule has 2 aliphatic heterocycles.